The number of thiazole rings is 1. The largest absolute Gasteiger partial charge is 0.463 e. The number of aliphatic hydroxyl groups excluding tert-OH is 3. The highest BCUT2D eigenvalue weighted by Gasteiger charge is 2.44. The molecule has 1 aromatic carbocycles. The molecule has 4 heterocycles. The van der Waals surface area contributed by atoms with Crippen molar-refractivity contribution in [1.29, 1.82) is 0 Å². The molecule has 4 aromatic rings. The quantitative estimate of drug-likeness (QED) is 0.378. The van der Waals surface area contributed by atoms with Crippen molar-refractivity contribution in [2.75, 3.05) is 0 Å². The van der Waals surface area contributed by atoms with Crippen molar-refractivity contribution in [2.45, 2.75) is 43.5 Å². The number of hydrogen-bond donors (Lipinski definition) is 3. The lowest BCUT2D eigenvalue weighted by Crippen LogP contribution is -2.55. The molecule has 3 aromatic heterocycles. The van der Waals surface area contributed by atoms with Crippen LogP contribution in [0.15, 0.2) is 59.9 Å². The SMILES string of the molecule is O[C@@H]1[C@@H](O)[C@H](c2ccc(Cl)c(Cc3ncc(-c4ccco4)s3)c2)O[C@H](Cn2cncn2)[C@H]1O. The molecule has 1 saturated heterocycles. The Hall–Kier alpha value is -2.60. The van der Waals surface area contributed by atoms with Gasteiger partial charge in [-0.05, 0) is 29.3 Å². The number of rotatable bonds is 6. The molecule has 0 spiro atoms. The van der Waals surface area contributed by atoms with E-state index in [2.05, 4.69) is 15.1 Å². The van der Waals surface area contributed by atoms with Crippen molar-refractivity contribution in [1.82, 2.24) is 19.7 Å². The van der Waals surface area contributed by atoms with Crippen molar-refractivity contribution >= 4 is 22.9 Å². The topological polar surface area (TPSA) is 127 Å². The Morgan fingerprint density at radius 2 is 2.00 bits per heavy atom. The van der Waals surface area contributed by atoms with Crippen LogP contribution >= 0.6 is 22.9 Å². The fourth-order valence-corrected chi connectivity index (χ4v) is 4.98. The Morgan fingerprint density at radius 1 is 1.12 bits per heavy atom. The molecule has 172 valence electrons. The maximum absolute atomic E-state index is 10.6. The van der Waals surface area contributed by atoms with E-state index in [0.717, 1.165) is 21.2 Å². The van der Waals surface area contributed by atoms with Crippen LogP contribution in [0.5, 0.6) is 0 Å². The Balaban J connectivity index is 1.38. The normalized spacial score (nSPS) is 25.4. The molecule has 1 aliphatic rings. The smallest absolute Gasteiger partial charge is 0.145 e. The summed E-state index contributed by atoms with van der Waals surface area (Å²) >= 11 is 7.96. The molecule has 11 heteroatoms. The van der Waals surface area contributed by atoms with Gasteiger partial charge in [0.05, 0.1) is 22.7 Å². The van der Waals surface area contributed by atoms with Crippen molar-refractivity contribution in [3.63, 3.8) is 0 Å². The van der Waals surface area contributed by atoms with Crippen LogP contribution in [0.3, 0.4) is 0 Å². The molecular formula is C22H21ClN4O5S. The molecular weight excluding hydrogens is 468 g/mol. The Bertz CT molecular complexity index is 1200. The molecule has 0 radical (unpaired) electrons. The predicted octanol–water partition coefficient (Wildman–Crippen LogP) is 2.46. The molecule has 5 atom stereocenters. The third-order valence-corrected chi connectivity index (χ3v) is 6.98. The van der Waals surface area contributed by atoms with E-state index >= 15 is 0 Å². The minimum absolute atomic E-state index is 0.177. The van der Waals surface area contributed by atoms with Crippen molar-refractivity contribution in [2.24, 2.45) is 0 Å². The zero-order valence-corrected chi connectivity index (χ0v) is 18.8. The van der Waals surface area contributed by atoms with E-state index in [9.17, 15) is 15.3 Å². The predicted molar refractivity (Wildman–Crippen MR) is 120 cm³/mol. The van der Waals surface area contributed by atoms with Crippen LogP contribution in [0.4, 0.5) is 0 Å². The highest BCUT2D eigenvalue weighted by atomic mass is 35.5. The van der Waals surface area contributed by atoms with Crippen LogP contribution in [0.1, 0.15) is 22.2 Å². The number of nitrogens with zero attached hydrogens (tertiary/aromatic N) is 4. The van der Waals surface area contributed by atoms with Gasteiger partial charge in [-0.1, -0.05) is 23.7 Å². The summed E-state index contributed by atoms with van der Waals surface area (Å²) in [6, 6.07) is 9.01. The molecule has 0 bridgehead atoms. The first-order chi connectivity index (χ1) is 16.0. The lowest BCUT2D eigenvalue weighted by molar-refractivity contribution is -0.228. The van der Waals surface area contributed by atoms with E-state index in [1.807, 2.05) is 18.2 Å². The van der Waals surface area contributed by atoms with Crippen molar-refractivity contribution < 1.29 is 24.5 Å². The van der Waals surface area contributed by atoms with E-state index in [-0.39, 0.29) is 6.54 Å². The monoisotopic (exact) mass is 488 g/mol. The van der Waals surface area contributed by atoms with E-state index in [0.29, 0.717) is 17.0 Å². The maximum Gasteiger partial charge on any atom is 0.145 e. The fourth-order valence-electron chi connectivity index (χ4n) is 3.88. The highest BCUT2D eigenvalue weighted by molar-refractivity contribution is 7.15. The lowest BCUT2D eigenvalue weighted by atomic mass is 9.90. The third-order valence-electron chi connectivity index (χ3n) is 5.60. The average molecular weight is 489 g/mol. The number of halogens is 1. The van der Waals surface area contributed by atoms with Gasteiger partial charge < -0.3 is 24.5 Å². The van der Waals surface area contributed by atoms with E-state index in [1.165, 1.54) is 28.7 Å². The molecule has 3 N–H and O–H groups in total. The average Bonchev–Trinajstić information content (AvgIpc) is 3.58. The summed E-state index contributed by atoms with van der Waals surface area (Å²) in [6.07, 6.45) is 1.11. The minimum atomic E-state index is -1.38. The first-order valence-corrected chi connectivity index (χ1v) is 11.5. The van der Waals surface area contributed by atoms with Crippen molar-refractivity contribution in [3.8, 4) is 10.6 Å². The number of benzene rings is 1. The summed E-state index contributed by atoms with van der Waals surface area (Å²) < 4.78 is 13.0. The van der Waals surface area contributed by atoms with Gasteiger partial charge in [-0.15, -0.1) is 11.3 Å². The summed E-state index contributed by atoms with van der Waals surface area (Å²) in [5.74, 6) is 0.753. The first-order valence-electron chi connectivity index (χ1n) is 10.3. The van der Waals surface area contributed by atoms with Gasteiger partial charge in [-0.3, -0.25) is 4.68 Å². The third kappa shape index (κ3) is 4.58. The Morgan fingerprint density at radius 3 is 2.76 bits per heavy atom. The summed E-state index contributed by atoms with van der Waals surface area (Å²) in [4.78, 5) is 9.27. The zero-order valence-electron chi connectivity index (χ0n) is 17.2. The molecule has 5 rings (SSSR count). The molecule has 0 unspecified atom stereocenters. The number of aliphatic hydroxyl groups is 3. The number of aromatic nitrogens is 4. The van der Waals surface area contributed by atoms with Crippen LogP contribution in [0, 0.1) is 0 Å². The molecule has 0 amide bonds. The van der Waals surface area contributed by atoms with Gasteiger partial charge in [0.2, 0.25) is 0 Å². The molecule has 0 aliphatic carbocycles. The summed E-state index contributed by atoms with van der Waals surface area (Å²) in [5.41, 5.74) is 1.44. The van der Waals surface area contributed by atoms with Gasteiger partial charge in [0.25, 0.3) is 0 Å². The fraction of sp³-hybridized carbons (Fsp3) is 0.318. The second-order valence-electron chi connectivity index (χ2n) is 7.81. The number of furan rings is 1. The zero-order chi connectivity index (χ0) is 22.9. The van der Waals surface area contributed by atoms with Crippen LogP contribution in [0.2, 0.25) is 5.02 Å². The summed E-state index contributed by atoms with van der Waals surface area (Å²) in [7, 11) is 0. The van der Waals surface area contributed by atoms with Crippen LogP contribution in [0.25, 0.3) is 10.6 Å². The second-order valence-corrected chi connectivity index (χ2v) is 9.33. The minimum Gasteiger partial charge on any atom is -0.463 e. The number of hydrogen-bond acceptors (Lipinski definition) is 9. The highest BCUT2D eigenvalue weighted by Crippen LogP contribution is 2.35. The second kappa shape index (κ2) is 9.34. The van der Waals surface area contributed by atoms with Gasteiger partial charge in [0, 0.05) is 17.6 Å². The van der Waals surface area contributed by atoms with Gasteiger partial charge in [0.1, 0.15) is 48.9 Å². The van der Waals surface area contributed by atoms with E-state index in [4.69, 9.17) is 20.8 Å². The Kier molecular flexibility index (Phi) is 6.28. The molecule has 1 aliphatic heterocycles. The van der Waals surface area contributed by atoms with Crippen molar-refractivity contribution in [3.05, 3.63) is 76.6 Å². The van der Waals surface area contributed by atoms with Gasteiger partial charge in [-0.25, -0.2) is 9.97 Å². The summed E-state index contributed by atoms with van der Waals surface area (Å²) in [5, 5.41) is 36.9. The number of ether oxygens (including phenoxy) is 1. The van der Waals surface area contributed by atoms with Gasteiger partial charge in [-0.2, -0.15) is 5.10 Å². The van der Waals surface area contributed by atoms with E-state index in [1.54, 1.807) is 24.6 Å². The molecule has 33 heavy (non-hydrogen) atoms. The van der Waals surface area contributed by atoms with Gasteiger partial charge >= 0.3 is 0 Å². The Labute approximate surface area is 197 Å². The molecule has 1 fully saturated rings. The van der Waals surface area contributed by atoms with Crippen LogP contribution in [-0.2, 0) is 17.7 Å². The first kappa shape index (κ1) is 22.2. The maximum atomic E-state index is 10.6. The summed E-state index contributed by atoms with van der Waals surface area (Å²) in [6.45, 7) is 0.177. The molecule has 0 saturated carbocycles. The van der Waals surface area contributed by atoms with Crippen LogP contribution < -0.4 is 0 Å². The van der Waals surface area contributed by atoms with Crippen LogP contribution in [-0.4, -0.2) is 59.5 Å². The standard InChI is InChI=1S/C22H21ClN4O5S/c23-14-4-3-12(6-13(14)7-18-25-8-17(33-18)15-2-1-5-31-15)22-21(30)20(29)19(28)16(32-22)9-27-11-24-10-26-27/h1-6,8,10-11,16,19-22,28-30H,7,9H2/t16-,19-,20+,21-,22+/m1/s1. The lowest BCUT2D eigenvalue weighted by Gasteiger charge is -2.41. The van der Waals surface area contributed by atoms with Gasteiger partial charge in [0.15, 0.2) is 0 Å². The van der Waals surface area contributed by atoms with E-state index < -0.39 is 30.5 Å². The molecule has 9 nitrogen and oxygen atoms in total.